The number of nitrogens with zero attached hydrogens (tertiary/aromatic N) is 6. The number of carbonyl (C=O) groups excluding carboxylic acids is 2. The lowest BCUT2D eigenvalue weighted by Crippen LogP contribution is -2.35. The highest BCUT2D eigenvalue weighted by atomic mass is 19.4. The lowest BCUT2D eigenvalue weighted by atomic mass is 10.1. The van der Waals surface area contributed by atoms with Crippen LogP contribution in [0.1, 0.15) is 36.6 Å². The quantitative estimate of drug-likeness (QED) is 0.451. The van der Waals surface area contributed by atoms with Gasteiger partial charge in [-0.25, -0.2) is 24.2 Å². The van der Waals surface area contributed by atoms with Crippen LogP contribution in [-0.4, -0.2) is 77.4 Å². The third kappa shape index (κ3) is 4.62. The number of halogens is 3. The number of amides is 3. The third-order valence-electron chi connectivity index (χ3n) is 5.41. The van der Waals surface area contributed by atoms with Crippen LogP contribution >= 0.6 is 0 Å². The smallest absolute Gasteiger partial charge is 0.433 e. The summed E-state index contributed by atoms with van der Waals surface area (Å²) in [5, 5.41) is 22.3. The maximum Gasteiger partial charge on any atom is 0.433 e. The molecule has 4 rings (SSSR count). The van der Waals surface area contributed by atoms with E-state index in [2.05, 4.69) is 15.1 Å². The molecule has 3 heterocycles. The summed E-state index contributed by atoms with van der Waals surface area (Å²) >= 11 is 0. The SMILES string of the molecule is CN1C(=O)N(CC[C@@H](O)C(=O)O)C(=O)/C1=C/n1cnc(-c2cc(C3CC3)nc(C(F)(F)F)c2)n1. The zero-order valence-corrected chi connectivity index (χ0v) is 17.7. The van der Waals surface area contributed by atoms with Crippen molar-refractivity contribution < 1.29 is 37.8 Å². The first-order valence-electron chi connectivity index (χ1n) is 10.2. The molecule has 0 aromatic carbocycles. The summed E-state index contributed by atoms with van der Waals surface area (Å²) in [5.41, 5.74) is -0.726. The number of aliphatic carboxylic acids is 1. The molecule has 2 aromatic heterocycles. The number of likely N-dealkylation sites (N-methyl/N-ethyl adjacent to an activating group) is 1. The Labute approximate surface area is 190 Å². The molecule has 1 atom stereocenters. The number of aliphatic hydroxyl groups is 1. The molecule has 1 aliphatic heterocycles. The van der Waals surface area contributed by atoms with Crippen LogP contribution in [0.5, 0.6) is 0 Å². The molecule has 0 spiro atoms. The Morgan fingerprint density at radius 1 is 1.29 bits per heavy atom. The molecule has 11 nitrogen and oxygen atoms in total. The number of pyridine rings is 1. The minimum absolute atomic E-state index is 0.0208. The van der Waals surface area contributed by atoms with E-state index in [0.717, 1.165) is 33.4 Å². The Morgan fingerprint density at radius 2 is 2.00 bits per heavy atom. The van der Waals surface area contributed by atoms with E-state index in [1.807, 2.05) is 0 Å². The van der Waals surface area contributed by atoms with Crippen molar-refractivity contribution in [3.05, 3.63) is 35.5 Å². The van der Waals surface area contributed by atoms with Crippen molar-refractivity contribution in [2.75, 3.05) is 13.6 Å². The Bertz CT molecular complexity index is 1190. The number of carboxylic acids is 1. The molecule has 2 aliphatic rings. The van der Waals surface area contributed by atoms with Crippen LogP contribution in [0.2, 0.25) is 0 Å². The van der Waals surface area contributed by atoms with Gasteiger partial charge in [0.2, 0.25) is 0 Å². The number of carboxylic acid groups (broad SMARTS) is 1. The second kappa shape index (κ2) is 8.52. The molecule has 3 amide bonds. The minimum atomic E-state index is -4.64. The van der Waals surface area contributed by atoms with Gasteiger partial charge in [0, 0.05) is 37.2 Å². The van der Waals surface area contributed by atoms with Gasteiger partial charge in [-0.2, -0.15) is 13.2 Å². The van der Waals surface area contributed by atoms with E-state index in [1.54, 1.807) is 0 Å². The molecule has 34 heavy (non-hydrogen) atoms. The zero-order chi connectivity index (χ0) is 24.8. The van der Waals surface area contributed by atoms with E-state index >= 15 is 0 Å². The number of urea groups is 1. The topological polar surface area (TPSA) is 142 Å². The number of hydrogen-bond acceptors (Lipinski definition) is 7. The summed E-state index contributed by atoms with van der Waals surface area (Å²) in [6, 6.07) is 1.63. The maximum absolute atomic E-state index is 13.3. The van der Waals surface area contributed by atoms with Gasteiger partial charge >= 0.3 is 18.2 Å². The molecule has 14 heteroatoms. The van der Waals surface area contributed by atoms with Crippen molar-refractivity contribution in [1.29, 1.82) is 0 Å². The van der Waals surface area contributed by atoms with Crippen LogP contribution < -0.4 is 0 Å². The van der Waals surface area contributed by atoms with Crippen molar-refractivity contribution in [2.24, 2.45) is 0 Å². The van der Waals surface area contributed by atoms with Gasteiger partial charge in [0.1, 0.15) is 17.7 Å². The first-order chi connectivity index (χ1) is 16.0. The number of imide groups is 1. The number of hydrogen-bond donors (Lipinski definition) is 2. The fourth-order valence-corrected chi connectivity index (χ4v) is 3.38. The molecule has 1 saturated heterocycles. The highest BCUT2D eigenvalue weighted by molar-refractivity contribution is 6.13. The van der Waals surface area contributed by atoms with Crippen LogP contribution in [-0.2, 0) is 15.8 Å². The number of rotatable bonds is 7. The lowest BCUT2D eigenvalue weighted by molar-refractivity contribution is -0.147. The van der Waals surface area contributed by atoms with Crippen LogP contribution in [0.4, 0.5) is 18.0 Å². The molecule has 2 fully saturated rings. The number of aliphatic hydroxyl groups excluding tert-OH is 1. The summed E-state index contributed by atoms with van der Waals surface area (Å²) in [5.74, 6) is -2.28. The van der Waals surface area contributed by atoms with Crippen molar-refractivity contribution >= 4 is 24.1 Å². The van der Waals surface area contributed by atoms with Gasteiger partial charge in [0.25, 0.3) is 5.91 Å². The molecule has 180 valence electrons. The molecular formula is C20H19F3N6O5. The summed E-state index contributed by atoms with van der Waals surface area (Å²) in [6.45, 7) is -0.323. The largest absolute Gasteiger partial charge is 0.479 e. The molecule has 0 unspecified atom stereocenters. The predicted octanol–water partition coefficient (Wildman–Crippen LogP) is 1.76. The Hall–Kier alpha value is -3.81. The molecule has 2 aromatic rings. The predicted molar refractivity (Wildman–Crippen MR) is 108 cm³/mol. The van der Waals surface area contributed by atoms with Crippen molar-refractivity contribution in [3.8, 4) is 11.4 Å². The zero-order valence-electron chi connectivity index (χ0n) is 17.7. The summed E-state index contributed by atoms with van der Waals surface area (Å²) in [4.78, 5) is 45.3. The van der Waals surface area contributed by atoms with Gasteiger partial charge in [-0.3, -0.25) is 14.6 Å². The van der Waals surface area contributed by atoms with Gasteiger partial charge in [-0.05, 0) is 25.0 Å². The van der Waals surface area contributed by atoms with Gasteiger partial charge in [0.15, 0.2) is 11.9 Å². The molecule has 1 aliphatic carbocycles. The second-order valence-electron chi connectivity index (χ2n) is 7.94. The van der Waals surface area contributed by atoms with Crippen LogP contribution in [0.3, 0.4) is 0 Å². The first kappa shape index (κ1) is 23.4. The van der Waals surface area contributed by atoms with Crippen molar-refractivity contribution in [3.63, 3.8) is 0 Å². The number of carbonyl (C=O) groups is 3. The Morgan fingerprint density at radius 3 is 2.62 bits per heavy atom. The summed E-state index contributed by atoms with van der Waals surface area (Å²) in [7, 11) is 1.32. The van der Waals surface area contributed by atoms with Crippen molar-refractivity contribution in [2.45, 2.75) is 37.5 Å². The van der Waals surface area contributed by atoms with E-state index < -0.39 is 35.9 Å². The van der Waals surface area contributed by atoms with E-state index in [1.165, 1.54) is 25.6 Å². The normalized spacial score (nSPS) is 18.8. The standard InChI is InChI=1S/C20H19F3N6O5/c1-27-13(17(31)29(19(27)34)5-4-14(30)18(32)33)8-28-9-24-16(26-28)11-6-12(10-2-3-10)25-15(7-11)20(21,22)23/h6-10,14,30H,2-5H2,1H3,(H,32,33)/b13-8-/t14-/m1/s1. The van der Waals surface area contributed by atoms with Gasteiger partial charge < -0.3 is 10.2 Å². The number of alkyl halides is 3. The third-order valence-corrected chi connectivity index (χ3v) is 5.41. The Kier molecular flexibility index (Phi) is 5.85. The molecule has 1 saturated carbocycles. The molecule has 0 bridgehead atoms. The minimum Gasteiger partial charge on any atom is -0.479 e. The highest BCUT2D eigenvalue weighted by Crippen LogP contribution is 2.41. The van der Waals surface area contributed by atoms with Gasteiger partial charge in [0.05, 0.1) is 6.20 Å². The first-order valence-corrected chi connectivity index (χ1v) is 10.2. The van der Waals surface area contributed by atoms with E-state index in [4.69, 9.17) is 5.11 Å². The maximum atomic E-state index is 13.3. The fourth-order valence-electron chi connectivity index (χ4n) is 3.38. The second-order valence-corrected chi connectivity index (χ2v) is 7.94. The van der Waals surface area contributed by atoms with Crippen molar-refractivity contribution in [1.82, 2.24) is 29.5 Å². The van der Waals surface area contributed by atoms with Crippen LogP contribution in [0.15, 0.2) is 24.2 Å². The van der Waals surface area contributed by atoms with Crippen LogP contribution in [0.25, 0.3) is 17.6 Å². The number of aromatic nitrogens is 4. The average Bonchev–Trinajstić information content (AvgIpc) is 3.49. The Balaban J connectivity index is 1.58. The summed E-state index contributed by atoms with van der Waals surface area (Å²) in [6.07, 6.45) is -2.86. The lowest BCUT2D eigenvalue weighted by Gasteiger charge is -2.14. The van der Waals surface area contributed by atoms with E-state index in [-0.39, 0.29) is 36.0 Å². The van der Waals surface area contributed by atoms with Gasteiger partial charge in [-0.15, -0.1) is 5.10 Å². The van der Waals surface area contributed by atoms with E-state index in [9.17, 15) is 32.7 Å². The van der Waals surface area contributed by atoms with Gasteiger partial charge in [-0.1, -0.05) is 0 Å². The monoisotopic (exact) mass is 480 g/mol. The highest BCUT2D eigenvalue weighted by Gasteiger charge is 2.39. The van der Waals surface area contributed by atoms with Crippen LogP contribution in [0, 0.1) is 0 Å². The molecular weight excluding hydrogens is 461 g/mol. The molecule has 2 N–H and O–H groups in total. The molecule has 0 radical (unpaired) electrons. The summed E-state index contributed by atoms with van der Waals surface area (Å²) < 4.78 is 41.0. The average molecular weight is 480 g/mol. The van der Waals surface area contributed by atoms with E-state index in [0.29, 0.717) is 5.69 Å². The fraction of sp³-hybridized carbons (Fsp3) is 0.400.